The monoisotopic (exact) mass is 210 g/mol. The Morgan fingerprint density at radius 3 is 2.73 bits per heavy atom. The molecule has 0 bridgehead atoms. The van der Waals surface area contributed by atoms with E-state index in [0.717, 1.165) is 18.3 Å². The molecule has 1 N–H and O–H groups in total. The molecule has 0 aromatic heterocycles. The summed E-state index contributed by atoms with van der Waals surface area (Å²) in [4.78, 5) is 0. The van der Waals surface area contributed by atoms with Crippen LogP contribution < -0.4 is 0 Å². The average molecular weight is 210 g/mol. The first kappa shape index (κ1) is 11.4. The molecule has 15 heavy (non-hydrogen) atoms. The van der Waals surface area contributed by atoms with E-state index >= 15 is 0 Å². The van der Waals surface area contributed by atoms with E-state index < -0.39 is 0 Å². The Hall–Kier alpha value is -0.0400. The van der Waals surface area contributed by atoms with E-state index in [-0.39, 0.29) is 6.10 Å². The minimum atomic E-state index is -0.00203. The summed E-state index contributed by atoms with van der Waals surface area (Å²) >= 11 is 0. The van der Waals surface area contributed by atoms with Gasteiger partial charge in [-0.3, -0.25) is 0 Å². The smallest absolute Gasteiger partial charge is 0.0573 e. The van der Waals surface area contributed by atoms with Gasteiger partial charge < -0.3 is 5.11 Å². The Morgan fingerprint density at radius 2 is 2.07 bits per heavy atom. The second-order valence-electron chi connectivity index (χ2n) is 6.14. The molecule has 2 unspecified atom stereocenters. The average Bonchev–Trinajstić information content (AvgIpc) is 2.56. The molecule has 0 spiro atoms. The third-order valence-corrected chi connectivity index (χ3v) is 5.49. The van der Waals surface area contributed by atoms with E-state index in [4.69, 9.17) is 0 Å². The fourth-order valence-electron chi connectivity index (χ4n) is 4.41. The molecule has 0 aromatic carbocycles. The van der Waals surface area contributed by atoms with Crippen molar-refractivity contribution in [1.82, 2.24) is 0 Å². The minimum absolute atomic E-state index is 0.00203. The van der Waals surface area contributed by atoms with Gasteiger partial charge in [0.05, 0.1) is 6.10 Å². The summed E-state index contributed by atoms with van der Waals surface area (Å²) in [5, 5.41) is 10.1. The highest BCUT2D eigenvalue weighted by Crippen LogP contribution is 2.57. The van der Waals surface area contributed by atoms with Crippen LogP contribution in [-0.4, -0.2) is 11.2 Å². The first-order chi connectivity index (χ1) is 7.09. The third-order valence-electron chi connectivity index (χ3n) is 5.49. The Labute approximate surface area is 94.3 Å². The summed E-state index contributed by atoms with van der Waals surface area (Å²) in [7, 11) is 0. The topological polar surface area (TPSA) is 20.2 Å². The van der Waals surface area contributed by atoms with E-state index in [1.165, 1.54) is 32.1 Å². The Kier molecular flexibility index (Phi) is 3.12. The van der Waals surface area contributed by atoms with E-state index in [9.17, 15) is 5.11 Å². The summed E-state index contributed by atoms with van der Waals surface area (Å²) in [5.41, 5.74) is 0.451. The second-order valence-corrected chi connectivity index (χ2v) is 6.14. The fraction of sp³-hybridized carbons (Fsp3) is 1.00. The maximum Gasteiger partial charge on any atom is 0.0573 e. The molecule has 1 nitrogen and oxygen atoms in total. The van der Waals surface area contributed by atoms with Crippen LogP contribution in [0.2, 0.25) is 0 Å². The Morgan fingerprint density at radius 1 is 1.33 bits per heavy atom. The van der Waals surface area contributed by atoms with Gasteiger partial charge >= 0.3 is 0 Å². The van der Waals surface area contributed by atoms with Crippen molar-refractivity contribution in [3.63, 3.8) is 0 Å². The number of hydrogen-bond acceptors (Lipinski definition) is 1. The van der Waals surface area contributed by atoms with Crippen molar-refractivity contribution in [2.45, 2.75) is 65.4 Å². The van der Waals surface area contributed by atoms with Crippen LogP contribution in [0.4, 0.5) is 0 Å². The summed E-state index contributed by atoms with van der Waals surface area (Å²) in [5.74, 6) is 2.30. The lowest BCUT2D eigenvalue weighted by Gasteiger charge is -2.45. The molecule has 0 aromatic rings. The first-order valence-electron chi connectivity index (χ1n) is 6.77. The van der Waals surface area contributed by atoms with Crippen molar-refractivity contribution in [3.8, 4) is 0 Å². The molecule has 0 radical (unpaired) electrons. The predicted octanol–water partition coefficient (Wildman–Crippen LogP) is 3.61. The summed E-state index contributed by atoms with van der Waals surface area (Å²) in [6, 6.07) is 0. The van der Waals surface area contributed by atoms with Gasteiger partial charge in [0.1, 0.15) is 0 Å². The molecule has 2 fully saturated rings. The molecule has 2 aliphatic rings. The zero-order chi connectivity index (χ0) is 11.1. The van der Waals surface area contributed by atoms with E-state index in [0.29, 0.717) is 11.3 Å². The predicted molar refractivity (Wildman–Crippen MR) is 63.6 cm³/mol. The van der Waals surface area contributed by atoms with Crippen LogP contribution in [-0.2, 0) is 0 Å². The normalized spacial score (nSPS) is 47.6. The van der Waals surface area contributed by atoms with Gasteiger partial charge in [-0.25, -0.2) is 0 Å². The largest absolute Gasteiger partial charge is 0.393 e. The van der Waals surface area contributed by atoms with Crippen molar-refractivity contribution in [3.05, 3.63) is 0 Å². The third kappa shape index (κ3) is 1.73. The molecular formula is C14H26O. The fourth-order valence-corrected chi connectivity index (χ4v) is 4.41. The molecule has 2 rings (SSSR count). The standard InChI is InChI=1S/C14H26O/c1-4-10(2)11-7-8-12-13(15)6-5-9-14(11,12)3/h10-13,15H,4-9H2,1-3H3/t10-,11?,12?,13+,14-/m1/s1. The molecule has 0 saturated heterocycles. The van der Waals surface area contributed by atoms with Crippen LogP contribution in [0.15, 0.2) is 0 Å². The number of aliphatic hydroxyl groups is 1. The van der Waals surface area contributed by atoms with E-state index in [2.05, 4.69) is 20.8 Å². The van der Waals surface area contributed by atoms with Crippen LogP contribution in [0.3, 0.4) is 0 Å². The van der Waals surface area contributed by atoms with Gasteiger partial charge in [-0.15, -0.1) is 0 Å². The summed E-state index contributed by atoms with van der Waals surface area (Å²) < 4.78 is 0. The number of aliphatic hydroxyl groups excluding tert-OH is 1. The van der Waals surface area contributed by atoms with Gasteiger partial charge in [-0.2, -0.15) is 0 Å². The van der Waals surface area contributed by atoms with Crippen LogP contribution in [0.25, 0.3) is 0 Å². The molecule has 1 heteroatoms. The lowest BCUT2D eigenvalue weighted by molar-refractivity contribution is -0.0272. The highest BCUT2D eigenvalue weighted by atomic mass is 16.3. The van der Waals surface area contributed by atoms with Gasteiger partial charge in [0, 0.05) is 0 Å². The Balaban J connectivity index is 2.17. The molecular weight excluding hydrogens is 184 g/mol. The molecule has 2 saturated carbocycles. The minimum Gasteiger partial charge on any atom is -0.393 e. The molecule has 5 atom stereocenters. The van der Waals surface area contributed by atoms with Crippen molar-refractivity contribution in [2.75, 3.05) is 0 Å². The Bertz CT molecular complexity index is 225. The zero-order valence-electron chi connectivity index (χ0n) is 10.5. The van der Waals surface area contributed by atoms with Gasteiger partial charge in [-0.05, 0) is 48.9 Å². The second kappa shape index (κ2) is 4.08. The lowest BCUT2D eigenvalue weighted by Crippen LogP contribution is -2.41. The quantitative estimate of drug-likeness (QED) is 0.738. The molecule has 0 aliphatic heterocycles. The molecule has 88 valence electrons. The van der Waals surface area contributed by atoms with Crippen molar-refractivity contribution >= 4 is 0 Å². The van der Waals surface area contributed by atoms with Crippen LogP contribution in [0.1, 0.15) is 59.3 Å². The molecule has 2 aliphatic carbocycles. The number of hydrogen-bond donors (Lipinski definition) is 1. The van der Waals surface area contributed by atoms with Crippen LogP contribution >= 0.6 is 0 Å². The summed E-state index contributed by atoms with van der Waals surface area (Å²) in [6.45, 7) is 7.16. The van der Waals surface area contributed by atoms with Crippen molar-refractivity contribution in [2.24, 2.45) is 23.2 Å². The first-order valence-corrected chi connectivity index (χ1v) is 6.77. The van der Waals surface area contributed by atoms with Gasteiger partial charge in [0.2, 0.25) is 0 Å². The molecule has 0 amide bonds. The van der Waals surface area contributed by atoms with Gasteiger partial charge in [0.25, 0.3) is 0 Å². The zero-order valence-corrected chi connectivity index (χ0v) is 10.5. The van der Waals surface area contributed by atoms with E-state index in [1.54, 1.807) is 0 Å². The van der Waals surface area contributed by atoms with Crippen LogP contribution in [0.5, 0.6) is 0 Å². The van der Waals surface area contributed by atoms with E-state index in [1.807, 2.05) is 0 Å². The SMILES string of the molecule is CC[C@@H](C)C1CCC2[C@@H](O)CCC[C@]12C. The lowest BCUT2D eigenvalue weighted by atomic mass is 9.61. The van der Waals surface area contributed by atoms with Crippen LogP contribution in [0, 0.1) is 23.2 Å². The van der Waals surface area contributed by atoms with Gasteiger partial charge in [-0.1, -0.05) is 33.6 Å². The molecule has 0 heterocycles. The summed E-state index contributed by atoms with van der Waals surface area (Å²) in [6.07, 6.45) is 7.55. The van der Waals surface area contributed by atoms with Gasteiger partial charge in [0.15, 0.2) is 0 Å². The van der Waals surface area contributed by atoms with Crippen molar-refractivity contribution in [1.29, 1.82) is 0 Å². The maximum atomic E-state index is 10.1. The highest BCUT2D eigenvalue weighted by molar-refractivity contribution is 5.01. The number of fused-ring (bicyclic) bond motifs is 1. The van der Waals surface area contributed by atoms with Crippen molar-refractivity contribution < 1.29 is 5.11 Å². The number of rotatable bonds is 2. The highest BCUT2D eigenvalue weighted by Gasteiger charge is 2.51. The maximum absolute atomic E-state index is 10.1.